The van der Waals surface area contributed by atoms with E-state index < -0.39 is 39.4 Å². The van der Waals surface area contributed by atoms with Gasteiger partial charge in [0.1, 0.15) is 0 Å². The second-order valence-electron chi connectivity index (χ2n) is 8.16. The molecule has 0 saturated heterocycles. The summed E-state index contributed by atoms with van der Waals surface area (Å²) in [6.07, 6.45) is 0. The Bertz CT molecular complexity index is 566. The lowest BCUT2D eigenvalue weighted by Crippen LogP contribution is -2.99. The van der Waals surface area contributed by atoms with Gasteiger partial charge < -0.3 is 53.1 Å². The maximum Gasteiger partial charge on any atom is 0.541 e. The molecule has 0 aromatic carbocycles. The van der Waals surface area contributed by atoms with E-state index in [1.165, 1.54) is 0 Å². The summed E-state index contributed by atoms with van der Waals surface area (Å²) in [5.74, 6) is 0. The molecule has 0 aromatic heterocycles. The van der Waals surface area contributed by atoms with Gasteiger partial charge >= 0.3 is 39.4 Å². The van der Waals surface area contributed by atoms with Crippen molar-refractivity contribution in [1.82, 2.24) is 0 Å². The highest BCUT2D eigenvalue weighted by atomic mass is 30.0. The molecule has 0 N–H and O–H groups in total. The molecule has 41 heavy (non-hydrogen) atoms. The molecule has 0 aliphatic carbocycles. The van der Waals surface area contributed by atoms with Crippen LogP contribution in [0.4, 0.5) is 0 Å². The van der Waals surface area contributed by atoms with E-state index in [0.717, 1.165) is 0 Å². The summed E-state index contributed by atoms with van der Waals surface area (Å²) < 4.78 is 81.5. The van der Waals surface area contributed by atoms with Crippen molar-refractivity contribution in [3.05, 3.63) is 0 Å². The highest BCUT2D eigenvalue weighted by Crippen LogP contribution is 2.45. The predicted molar refractivity (Wildman–Crippen MR) is 168 cm³/mol. The minimum absolute atomic E-state index is 0.250. The van der Waals surface area contributed by atoms with Gasteiger partial charge in [0, 0.05) is 79.3 Å². The van der Waals surface area contributed by atoms with Crippen LogP contribution in [0.15, 0.2) is 0 Å². The zero-order valence-electron chi connectivity index (χ0n) is 27.9. The van der Waals surface area contributed by atoms with Gasteiger partial charge in [0.2, 0.25) is 0 Å². The Balaban J connectivity index is 8.75. The van der Waals surface area contributed by atoms with Crippen molar-refractivity contribution in [2.45, 2.75) is 83.1 Å². The van der Waals surface area contributed by atoms with Crippen molar-refractivity contribution >= 4 is 39.4 Å². The van der Waals surface area contributed by atoms with E-state index >= 15 is 0 Å². The third-order valence-corrected chi connectivity index (χ3v) is 57.0. The second kappa shape index (κ2) is 21.4. The van der Waals surface area contributed by atoms with E-state index in [1.807, 2.05) is 83.1 Å². The van der Waals surface area contributed by atoms with Gasteiger partial charge in [-0.1, -0.05) is 0 Å². The summed E-state index contributed by atoms with van der Waals surface area (Å²) in [6.45, 7) is 26.2. The molecule has 0 bridgehead atoms. The molecule has 0 unspecified atom stereocenters. The van der Waals surface area contributed by atoms with Gasteiger partial charge in [-0.25, -0.2) is 0 Å². The van der Waals surface area contributed by atoms with E-state index in [4.69, 9.17) is 53.1 Å². The quantitative estimate of drug-likeness (QED) is 0.112. The summed E-state index contributed by atoms with van der Waals surface area (Å²) >= 11 is 0. The van der Waals surface area contributed by atoms with Crippen molar-refractivity contribution in [2.75, 3.05) is 79.3 Å². The van der Waals surface area contributed by atoms with Crippen molar-refractivity contribution < 1.29 is 53.1 Å². The number of hydrogen-bond acceptors (Lipinski definition) is 12. The lowest BCUT2D eigenvalue weighted by molar-refractivity contribution is 0.0539. The summed E-state index contributed by atoms with van der Waals surface area (Å²) in [7, 11) is -20.2. The van der Waals surface area contributed by atoms with E-state index in [9.17, 15) is 0 Å². The molecular formula is C24H60O12Si5. The molecular weight excluding hydrogens is 621 g/mol. The van der Waals surface area contributed by atoms with E-state index in [1.54, 1.807) is 0 Å². The Morgan fingerprint density at radius 3 is 0.512 bits per heavy atom. The average molecular weight is 681 g/mol. The first-order valence-electron chi connectivity index (χ1n) is 15.4. The van der Waals surface area contributed by atoms with Gasteiger partial charge in [0.15, 0.2) is 0 Å². The maximum absolute atomic E-state index is 7.03. The van der Waals surface area contributed by atoms with Crippen LogP contribution in [0.1, 0.15) is 83.1 Å². The first-order valence-corrected chi connectivity index (χ1v) is 28.3. The van der Waals surface area contributed by atoms with Crippen molar-refractivity contribution in [3.8, 4) is 0 Å². The zero-order valence-corrected chi connectivity index (χ0v) is 32.9. The van der Waals surface area contributed by atoms with Gasteiger partial charge in [0.25, 0.3) is 0 Å². The third-order valence-electron chi connectivity index (χ3n) is 5.76. The van der Waals surface area contributed by atoms with Gasteiger partial charge in [0.05, 0.1) is 0 Å². The average Bonchev–Trinajstić information content (AvgIpc) is 2.93. The van der Waals surface area contributed by atoms with E-state index in [0.29, 0.717) is 39.6 Å². The van der Waals surface area contributed by atoms with Crippen molar-refractivity contribution in [2.24, 2.45) is 0 Å². The molecule has 0 atom stereocenters. The van der Waals surface area contributed by atoms with Crippen molar-refractivity contribution in [1.29, 1.82) is 0 Å². The summed E-state index contributed by atoms with van der Waals surface area (Å²) in [5.41, 5.74) is 0. The number of hydrogen-bond donors (Lipinski definition) is 0. The van der Waals surface area contributed by atoms with E-state index in [-0.39, 0.29) is 39.6 Å². The Morgan fingerprint density at radius 2 is 0.366 bits per heavy atom. The fourth-order valence-corrected chi connectivity index (χ4v) is 77.5. The molecule has 0 aliphatic rings. The highest BCUT2D eigenvalue weighted by molar-refractivity contribution is 7.83. The Hall–Kier alpha value is 0.604. The smallest absolute Gasteiger partial charge is 0.393 e. The Labute approximate surface area is 254 Å². The third kappa shape index (κ3) is 8.45. The van der Waals surface area contributed by atoms with Crippen LogP contribution < -0.4 is 0 Å². The van der Waals surface area contributed by atoms with Gasteiger partial charge in [-0.3, -0.25) is 0 Å². The topological polar surface area (TPSA) is 111 Å². The standard InChI is InChI=1S/C24H60O12Si5/c1-13-25-37(26-14-2,27-15-3)39(31-19-7,32-20-8)41(35-23-11,36-24-12)40(33-21-9,34-22-10)38(28-16-4,29-17-5)30-18-6/h13-24H2,1-12H3. The minimum Gasteiger partial charge on any atom is -0.393 e. The molecule has 0 amide bonds. The summed E-state index contributed by atoms with van der Waals surface area (Å²) in [5, 5.41) is 0. The molecule has 0 aliphatic heterocycles. The van der Waals surface area contributed by atoms with Crippen LogP contribution in [0.2, 0.25) is 0 Å². The van der Waals surface area contributed by atoms with Crippen LogP contribution in [0.5, 0.6) is 0 Å². The fourth-order valence-electron chi connectivity index (χ4n) is 5.04. The van der Waals surface area contributed by atoms with Crippen LogP contribution in [-0.2, 0) is 53.1 Å². The number of rotatable bonds is 28. The van der Waals surface area contributed by atoms with Gasteiger partial charge in [-0.15, -0.1) is 0 Å². The maximum atomic E-state index is 7.03. The molecule has 12 nitrogen and oxygen atoms in total. The molecule has 248 valence electrons. The monoisotopic (exact) mass is 680 g/mol. The van der Waals surface area contributed by atoms with Crippen LogP contribution in [-0.4, -0.2) is 119 Å². The first-order chi connectivity index (χ1) is 19.7. The molecule has 0 rings (SSSR count). The second-order valence-corrected chi connectivity index (χ2v) is 37.6. The molecule has 0 saturated carbocycles. The predicted octanol–water partition coefficient (Wildman–Crippen LogP) is 3.94. The molecule has 17 heteroatoms. The van der Waals surface area contributed by atoms with Crippen LogP contribution in [0.25, 0.3) is 0 Å². The molecule has 0 fully saturated rings. The molecule has 0 aromatic rings. The van der Waals surface area contributed by atoms with E-state index in [2.05, 4.69) is 0 Å². The van der Waals surface area contributed by atoms with Crippen LogP contribution >= 0.6 is 0 Å². The summed E-state index contributed by atoms with van der Waals surface area (Å²) in [4.78, 5) is 0. The minimum atomic E-state index is -4.17. The molecule has 0 spiro atoms. The largest absolute Gasteiger partial charge is 0.541 e. The van der Waals surface area contributed by atoms with Crippen LogP contribution in [0.3, 0.4) is 0 Å². The van der Waals surface area contributed by atoms with Crippen molar-refractivity contribution in [3.63, 3.8) is 0 Å². The summed E-state index contributed by atoms with van der Waals surface area (Å²) in [6, 6.07) is 0. The SMILES string of the molecule is CCO[Si](OCC)(OCC)[Si](OCC)(OCC)[Si](OCC)(OCC)[Si](OCC)(OCC)[Si](OCC)(OCC)OCC. The van der Waals surface area contributed by atoms with Crippen LogP contribution in [0, 0.1) is 0 Å². The van der Waals surface area contributed by atoms with Gasteiger partial charge in [-0.05, 0) is 83.1 Å². The lowest BCUT2D eigenvalue weighted by atomic mass is 10.9. The Morgan fingerprint density at radius 1 is 0.220 bits per heavy atom. The highest BCUT2D eigenvalue weighted by Gasteiger charge is 2.97. The zero-order chi connectivity index (χ0) is 31.5. The molecule has 0 radical (unpaired) electrons. The first kappa shape index (κ1) is 41.6. The van der Waals surface area contributed by atoms with Gasteiger partial charge in [-0.2, -0.15) is 0 Å². The normalized spacial score (nSPS) is 13.8. The Kier molecular flexibility index (Phi) is 21.7. The molecule has 0 heterocycles. The lowest BCUT2D eigenvalue weighted by Gasteiger charge is -2.55. The fraction of sp³-hybridized carbons (Fsp3) is 1.00.